The third-order valence-electron chi connectivity index (χ3n) is 1.92. The lowest BCUT2D eigenvalue weighted by atomic mass is 10.2. The van der Waals surface area contributed by atoms with Crippen LogP contribution in [0, 0.1) is 22.7 Å². The van der Waals surface area contributed by atoms with E-state index in [0.29, 0.717) is 5.57 Å². The third kappa shape index (κ3) is 3.35. The quantitative estimate of drug-likeness (QED) is 0.569. The van der Waals surface area contributed by atoms with Crippen LogP contribution in [0.4, 0.5) is 0 Å². The van der Waals surface area contributed by atoms with Crippen LogP contribution in [0.3, 0.4) is 0 Å². The van der Waals surface area contributed by atoms with Gasteiger partial charge >= 0.3 is 0 Å². The molecule has 16 heavy (non-hydrogen) atoms. The summed E-state index contributed by atoms with van der Waals surface area (Å²) in [6.07, 6.45) is 1.76. The highest BCUT2D eigenvalue weighted by atomic mass is 16.5. The molecule has 0 heterocycles. The van der Waals surface area contributed by atoms with E-state index in [1.165, 1.54) is 0 Å². The second-order valence-electron chi connectivity index (χ2n) is 2.99. The van der Waals surface area contributed by atoms with E-state index < -0.39 is 0 Å². The van der Waals surface area contributed by atoms with Crippen LogP contribution in [-0.4, -0.2) is 7.11 Å². The minimum atomic E-state index is 0.0865. The SMILES string of the molecule is COc1ccc(C=C=C(C#N)CC#N)cc1. The van der Waals surface area contributed by atoms with Crippen LogP contribution in [-0.2, 0) is 0 Å². The predicted molar refractivity (Wildman–Crippen MR) is 60.3 cm³/mol. The topological polar surface area (TPSA) is 56.8 Å². The Kier molecular flexibility index (Phi) is 4.41. The van der Waals surface area contributed by atoms with Gasteiger partial charge in [0.15, 0.2) is 0 Å². The van der Waals surface area contributed by atoms with E-state index in [9.17, 15) is 0 Å². The average molecular weight is 210 g/mol. The molecular formula is C13H10N2O. The molecule has 3 heteroatoms. The first kappa shape index (κ1) is 11.6. The van der Waals surface area contributed by atoms with Crippen molar-refractivity contribution in [3.8, 4) is 17.9 Å². The molecule has 0 aliphatic carbocycles. The Hall–Kier alpha value is -2.48. The first-order valence-corrected chi connectivity index (χ1v) is 4.67. The lowest BCUT2D eigenvalue weighted by Gasteiger charge is -1.97. The fraction of sp³-hybridized carbons (Fsp3) is 0.154. The van der Waals surface area contributed by atoms with Gasteiger partial charge in [0.25, 0.3) is 0 Å². The van der Waals surface area contributed by atoms with Gasteiger partial charge in [-0.3, -0.25) is 0 Å². The van der Waals surface area contributed by atoms with Crippen molar-refractivity contribution in [3.63, 3.8) is 0 Å². The molecule has 0 unspecified atom stereocenters. The van der Waals surface area contributed by atoms with Crippen LogP contribution >= 0.6 is 0 Å². The zero-order valence-electron chi connectivity index (χ0n) is 8.90. The van der Waals surface area contributed by atoms with Gasteiger partial charge in [-0.2, -0.15) is 10.5 Å². The molecule has 0 radical (unpaired) electrons. The van der Waals surface area contributed by atoms with Crippen molar-refractivity contribution >= 4 is 6.08 Å². The zero-order chi connectivity index (χ0) is 11.8. The summed E-state index contributed by atoms with van der Waals surface area (Å²) in [6, 6.07) is 11.2. The molecule has 0 saturated carbocycles. The number of ether oxygens (including phenoxy) is 1. The van der Waals surface area contributed by atoms with Crippen LogP contribution in [0.1, 0.15) is 12.0 Å². The number of hydrogen-bond donors (Lipinski definition) is 0. The molecule has 3 nitrogen and oxygen atoms in total. The van der Waals surface area contributed by atoms with E-state index in [1.807, 2.05) is 36.4 Å². The Morgan fingerprint density at radius 1 is 1.31 bits per heavy atom. The molecule has 1 rings (SSSR count). The molecule has 0 amide bonds. The number of methoxy groups -OCH3 is 1. The summed E-state index contributed by atoms with van der Waals surface area (Å²) < 4.78 is 5.02. The lowest BCUT2D eigenvalue weighted by Crippen LogP contribution is -1.81. The molecule has 0 N–H and O–H groups in total. The maximum Gasteiger partial charge on any atom is 0.118 e. The van der Waals surface area contributed by atoms with Crippen LogP contribution in [0.5, 0.6) is 5.75 Å². The Bertz CT molecular complexity index is 494. The summed E-state index contributed by atoms with van der Waals surface area (Å²) in [4.78, 5) is 0. The van der Waals surface area contributed by atoms with Crippen molar-refractivity contribution in [2.75, 3.05) is 7.11 Å². The summed E-state index contributed by atoms with van der Waals surface area (Å²) in [5, 5.41) is 17.1. The van der Waals surface area contributed by atoms with Crippen LogP contribution in [0.2, 0.25) is 0 Å². The van der Waals surface area contributed by atoms with E-state index in [1.54, 1.807) is 13.2 Å². The molecule has 0 aromatic heterocycles. The third-order valence-corrected chi connectivity index (χ3v) is 1.92. The van der Waals surface area contributed by atoms with Crippen LogP contribution in [0.15, 0.2) is 35.6 Å². The molecule has 1 aromatic rings. The van der Waals surface area contributed by atoms with Crippen molar-refractivity contribution < 1.29 is 4.74 Å². The normalized spacial score (nSPS) is 8.19. The summed E-state index contributed by atoms with van der Waals surface area (Å²) >= 11 is 0. The van der Waals surface area contributed by atoms with Gasteiger partial charge in [-0.25, -0.2) is 0 Å². The maximum absolute atomic E-state index is 8.68. The standard InChI is InChI=1S/C13H10N2O/c1-16-13-6-4-11(5-7-13)2-3-12(10-15)8-9-14/h2,4-7H,8H2,1H3. The molecule has 0 atom stereocenters. The van der Waals surface area contributed by atoms with E-state index in [4.69, 9.17) is 15.3 Å². The Morgan fingerprint density at radius 3 is 2.50 bits per heavy atom. The second-order valence-corrected chi connectivity index (χ2v) is 2.99. The highest BCUT2D eigenvalue weighted by Gasteiger charge is 1.92. The number of rotatable bonds is 3. The molecule has 0 aliphatic rings. The summed E-state index contributed by atoms with van der Waals surface area (Å²) in [5.41, 5.74) is 4.03. The Morgan fingerprint density at radius 2 is 2.00 bits per heavy atom. The zero-order valence-corrected chi connectivity index (χ0v) is 8.90. The molecule has 78 valence electrons. The molecular weight excluding hydrogens is 200 g/mol. The van der Waals surface area contributed by atoms with Crippen LogP contribution < -0.4 is 4.74 Å². The maximum atomic E-state index is 8.68. The molecule has 1 aromatic carbocycles. The highest BCUT2D eigenvalue weighted by molar-refractivity contribution is 5.51. The fourth-order valence-corrected chi connectivity index (χ4v) is 1.07. The minimum absolute atomic E-state index is 0.0865. The van der Waals surface area contributed by atoms with Gasteiger partial charge in [-0.15, -0.1) is 5.73 Å². The van der Waals surface area contributed by atoms with Gasteiger partial charge in [-0.1, -0.05) is 12.1 Å². The second kappa shape index (κ2) is 6.09. The lowest BCUT2D eigenvalue weighted by molar-refractivity contribution is 0.415. The van der Waals surface area contributed by atoms with Crippen molar-refractivity contribution in [3.05, 3.63) is 41.1 Å². The Balaban J connectivity index is 2.91. The first-order valence-electron chi connectivity index (χ1n) is 4.67. The van der Waals surface area contributed by atoms with E-state index in [0.717, 1.165) is 11.3 Å². The minimum Gasteiger partial charge on any atom is -0.497 e. The molecule has 0 saturated heterocycles. The van der Waals surface area contributed by atoms with Gasteiger partial charge in [0, 0.05) is 0 Å². The largest absolute Gasteiger partial charge is 0.497 e. The van der Waals surface area contributed by atoms with Crippen LogP contribution in [0.25, 0.3) is 6.08 Å². The van der Waals surface area contributed by atoms with Crippen molar-refractivity contribution in [1.82, 2.24) is 0 Å². The number of nitrogens with zero attached hydrogens (tertiary/aromatic N) is 2. The smallest absolute Gasteiger partial charge is 0.118 e. The number of allylic oxidation sites excluding steroid dienone is 1. The van der Waals surface area contributed by atoms with E-state index >= 15 is 0 Å². The van der Waals surface area contributed by atoms with Gasteiger partial charge in [0.05, 0.1) is 25.2 Å². The summed E-state index contributed by atoms with van der Waals surface area (Å²) in [5.74, 6) is 0.777. The monoisotopic (exact) mass is 210 g/mol. The summed E-state index contributed by atoms with van der Waals surface area (Å²) in [7, 11) is 1.60. The number of nitriles is 2. The van der Waals surface area contributed by atoms with E-state index in [2.05, 4.69) is 5.73 Å². The first-order chi connectivity index (χ1) is 7.80. The molecule has 0 bridgehead atoms. The number of benzene rings is 1. The highest BCUT2D eigenvalue weighted by Crippen LogP contribution is 2.12. The molecule has 0 aliphatic heterocycles. The van der Waals surface area contributed by atoms with E-state index in [-0.39, 0.29) is 6.42 Å². The average Bonchev–Trinajstić information content (AvgIpc) is 2.35. The van der Waals surface area contributed by atoms with Crippen molar-refractivity contribution in [2.45, 2.75) is 6.42 Å². The van der Waals surface area contributed by atoms with Gasteiger partial charge < -0.3 is 4.74 Å². The molecule has 0 fully saturated rings. The number of hydrogen-bond acceptors (Lipinski definition) is 3. The molecule has 0 spiro atoms. The Labute approximate surface area is 94.5 Å². The van der Waals surface area contributed by atoms with Gasteiger partial charge in [0.1, 0.15) is 11.8 Å². The van der Waals surface area contributed by atoms with Gasteiger partial charge in [0.2, 0.25) is 0 Å². The van der Waals surface area contributed by atoms with Crippen molar-refractivity contribution in [1.29, 1.82) is 10.5 Å². The fourth-order valence-electron chi connectivity index (χ4n) is 1.07. The van der Waals surface area contributed by atoms with Gasteiger partial charge in [-0.05, 0) is 23.8 Å². The summed E-state index contributed by atoms with van der Waals surface area (Å²) in [6.45, 7) is 0. The predicted octanol–water partition coefficient (Wildman–Crippen LogP) is 2.67. The van der Waals surface area contributed by atoms with Crippen molar-refractivity contribution in [2.24, 2.45) is 0 Å².